The second-order valence-electron chi connectivity index (χ2n) is 7.10. The van der Waals surface area contributed by atoms with E-state index in [1.165, 1.54) is 0 Å². The van der Waals surface area contributed by atoms with Crippen molar-refractivity contribution in [2.75, 3.05) is 4.90 Å². The van der Waals surface area contributed by atoms with Crippen molar-refractivity contribution in [3.8, 4) is 0 Å². The lowest BCUT2D eigenvalue weighted by atomic mass is 9.95. The molecule has 0 unspecified atom stereocenters. The van der Waals surface area contributed by atoms with Crippen molar-refractivity contribution in [2.24, 2.45) is 0 Å². The number of carbonyl (C=O) groups excluding carboxylic acids is 1. The molecule has 3 aromatic rings. The lowest BCUT2D eigenvalue weighted by Gasteiger charge is -2.32. The van der Waals surface area contributed by atoms with Gasteiger partial charge in [-0.15, -0.1) is 0 Å². The number of para-hydroxylation sites is 2. The van der Waals surface area contributed by atoms with Gasteiger partial charge in [-0.3, -0.25) is 4.79 Å². The molecule has 0 amide bonds. The average Bonchev–Trinajstić information content (AvgIpc) is 2.79. The molecule has 0 bridgehead atoms. The van der Waals surface area contributed by atoms with Crippen LogP contribution in [-0.4, -0.2) is 29.7 Å². The van der Waals surface area contributed by atoms with Gasteiger partial charge in [-0.05, 0) is 48.5 Å². The van der Waals surface area contributed by atoms with E-state index >= 15 is 0 Å². The Balaban J connectivity index is 1.99. The third kappa shape index (κ3) is 4.22. The first-order valence-corrected chi connectivity index (χ1v) is 9.47. The van der Waals surface area contributed by atoms with Crippen LogP contribution in [0.5, 0.6) is 0 Å². The van der Waals surface area contributed by atoms with Gasteiger partial charge in [0.05, 0.1) is 0 Å². The first-order valence-electron chi connectivity index (χ1n) is 9.47. The zero-order valence-corrected chi connectivity index (χ0v) is 16.8. The molecule has 180 valence electrons. The van der Waals surface area contributed by atoms with Gasteiger partial charge >= 0.3 is 23.9 Å². The van der Waals surface area contributed by atoms with E-state index in [0.717, 1.165) is 12.1 Å². The molecule has 0 aliphatic rings. The Morgan fingerprint density at radius 2 is 0.912 bits per heavy atom. The van der Waals surface area contributed by atoms with Crippen molar-refractivity contribution in [3.63, 3.8) is 0 Å². The molecule has 3 aromatic carbocycles. The molecule has 0 saturated heterocycles. The molecular weight excluding hydrogens is 477 g/mol. The molecule has 2 nitrogen and oxygen atoms in total. The van der Waals surface area contributed by atoms with E-state index in [2.05, 4.69) is 0 Å². The Kier molecular flexibility index (Phi) is 6.43. The Bertz CT molecular complexity index is 1090. The summed E-state index contributed by atoms with van der Waals surface area (Å²) in [5.74, 6) is -23.4. The summed E-state index contributed by atoms with van der Waals surface area (Å²) in [6, 6.07) is 20.5. The Morgan fingerprint density at radius 1 is 0.529 bits per heavy atom. The SMILES string of the molecule is O=C(c1ccc(N(c2ccccc2)c2ccccc2)cc1)C(F)(F)C(F)(F)C(F)(F)C(F)(F)F. The van der Waals surface area contributed by atoms with Crippen LogP contribution in [0.2, 0.25) is 0 Å². The normalized spacial score (nSPS) is 13.0. The molecule has 0 heterocycles. The quantitative estimate of drug-likeness (QED) is 0.248. The molecule has 11 heteroatoms. The van der Waals surface area contributed by atoms with Crippen molar-refractivity contribution in [3.05, 3.63) is 90.5 Å². The predicted molar refractivity (Wildman–Crippen MR) is 106 cm³/mol. The summed E-state index contributed by atoms with van der Waals surface area (Å²) in [5.41, 5.74) is 0.279. The molecular formula is C23H14F9NO. The summed E-state index contributed by atoms with van der Waals surface area (Å²) in [6.07, 6.45) is -7.00. The van der Waals surface area contributed by atoms with E-state index in [4.69, 9.17) is 0 Å². The Morgan fingerprint density at radius 3 is 1.29 bits per heavy atom. The summed E-state index contributed by atoms with van der Waals surface area (Å²) >= 11 is 0. The molecule has 0 N–H and O–H groups in total. The van der Waals surface area contributed by atoms with Gasteiger partial charge in [-0.2, -0.15) is 39.5 Å². The van der Waals surface area contributed by atoms with Gasteiger partial charge in [-0.25, -0.2) is 0 Å². The molecule has 0 atom stereocenters. The van der Waals surface area contributed by atoms with Gasteiger partial charge in [0.15, 0.2) is 0 Å². The highest BCUT2D eigenvalue weighted by molar-refractivity contribution is 6.02. The maximum Gasteiger partial charge on any atom is 0.460 e. The van der Waals surface area contributed by atoms with Crippen LogP contribution in [0, 0.1) is 0 Å². The second kappa shape index (κ2) is 8.69. The molecule has 34 heavy (non-hydrogen) atoms. The van der Waals surface area contributed by atoms with Crippen molar-refractivity contribution in [1.82, 2.24) is 0 Å². The first-order chi connectivity index (χ1) is 15.7. The topological polar surface area (TPSA) is 20.3 Å². The largest absolute Gasteiger partial charge is 0.460 e. The van der Waals surface area contributed by atoms with E-state index in [9.17, 15) is 44.3 Å². The number of rotatable bonds is 7. The fraction of sp³-hybridized carbons (Fsp3) is 0.174. The smallest absolute Gasteiger partial charge is 0.311 e. The second-order valence-corrected chi connectivity index (χ2v) is 7.10. The van der Waals surface area contributed by atoms with Gasteiger partial charge in [0.25, 0.3) is 0 Å². The minimum absolute atomic E-state index is 0.268. The van der Waals surface area contributed by atoms with Crippen molar-refractivity contribution in [1.29, 1.82) is 0 Å². The third-order valence-electron chi connectivity index (χ3n) is 4.85. The van der Waals surface area contributed by atoms with E-state index in [1.54, 1.807) is 65.6 Å². The van der Waals surface area contributed by atoms with E-state index in [-0.39, 0.29) is 5.69 Å². The zero-order chi connectivity index (χ0) is 25.4. The lowest BCUT2D eigenvalue weighted by Crippen LogP contribution is -2.63. The van der Waals surface area contributed by atoms with Crippen LogP contribution in [0.4, 0.5) is 56.6 Å². The summed E-state index contributed by atoms with van der Waals surface area (Å²) in [6.45, 7) is 0. The first kappa shape index (κ1) is 25.1. The van der Waals surface area contributed by atoms with Crippen LogP contribution in [0.3, 0.4) is 0 Å². The lowest BCUT2D eigenvalue weighted by molar-refractivity contribution is -0.386. The maximum atomic E-state index is 14.0. The van der Waals surface area contributed by atoms with Crippen LogP contribution in [0.1, 0.15) is 10.4 Å². The molecule has 0 spiro atoms. The van der Waals surface area contributed by atoms with Crippen LogP contribution in [0.25, 0.3) is 0 Å². The fourth-order valence-corrected chi connectivity index (χ4v) is 3.06. The molecule has 3 rings (SSSR count). The predicted octanol–water partition coefficient (Wildman–Crippen LogP) is 7.81. The van der Waals surface area contributed by atoms with Gasteiger partial charge in [0.2, 0.25) is 5.78 Å². The summed E-state index contributed by atoms with van der Waals surface area (Å²) in [5, 5.41) is 0. The molecule has 0 fully saturated rings. The van der Waals surface area contributed by atoms with Crippen molar-refractivity contribution < 1.29 is 44.3 Å². The molecule has 0 aromatic heterocycles. The van der Waals surface area contributed by atoms with E-state index in [1.807, 2.05) is 0 Å². The molecule has 0 radical (unpaired) electrons. The van der Waals surface area contributed by atoms with Gasteiger partial charge in [0, 0.05) is 22.6 Å². The number of anilines is 3. The molecule has 0 saturated carbocycles. The summed E-state index contributed by atoms with van der Waals surface area (Å²) in [4.78, 5) is 13.6. The number of benzene rings is 3. The van der Waals surface area contributed by atoms with Gasteiger partial charge in [0.1, 0.15) is 0 Å². The summed E-state index contributed by atoms with van der Waals surface area (Å²) < 4.78 is 118. The number of hydrogen-bond donors (Lipinski definition) is 0. The number of nitrogens with zero attached hydrogens (tertiary/aromatic N) is 1. The number of halogens is 9. The Hall–Kier alpha value is -3.50. The van der Waals surface area contributed by atoms with Crippen molar-refractivity contribution >= 4 is 22.8 Å². The fourth-order valence-electron chi connectivity index (χ4n) is 3.06. The standard InChI is InChI=1S/C23H14F9NO/c24-20(25,21(26,27)22(28,29)23(30,31)32)19(34)15-11-13-18(14-12-15)33(16-7-3-1-4-8-16)17-9-5-2-6-10-17/h1-14H. The van der Waals surface area contributed by atoms with Crippen LogP contribution < -0.4 is 4.90 Å². The van der Waals surface area contributed by atoms with Crippen LogP contribution in [-0.2, 0) is 0 Å². The number of alkyl halides is 9. The minimum Gasteiger partial charge on any atom is -0.311 e. The third-order valence-corrected chi connectivity index (χ3v) is 4.85. The number of hydrogen-bond acceptors (Lipinski definition) is 2. The van der Waals surface area contributed by atoms with Crippen LogP contribution in [0.15, 0.2) is 84.9 Å². The molecule has 0 aliphatic heterocycles. The Labute approximate surface area is 187 Å². The number of carbonyl (C=O) groups is 1. The average molecular weight is 491 g/mol. The molecule has 0 aliphatic carbocycles. The number of ketones is 1. The highest BCUT2D eigenvalue weighted by Gasteiger charge is 2.83. The van der Waals surface area contributed by atoms with Crippen molar-refractivity contribution in [2.45, 2.75) is 23.9 Å². The summed E-state index contributed by atoms with van der Waals surface area (Å²) in [7, 11) is 0. The van der Waals surface area contributed by atoms with E-state index < -0.39 is 35.3 Å². The number of Topliss-reactive ketones (excluding diaryl/α,β-unsaturated/α-hetero) is 1. The van der Waals surface area contributed by atoms with Gasteiger partial charge < -0.3 is 4.90 Å². The van der Waals surface area contributed by atoms with Gasteiger partial charge in [-0.1, -0.05) is 36.4 Å². The van der Waals surface area contributed by atoms with Crippen LogP contribution >= 0.6 is 0 Å². The highest BCUT2D eigenvalue weighted by atomic mass is 19.4. The minimum atomic E-state index is -7.14. The maximum absolute atomic E-state index is 14.0. The van der Waals surface area contributed by atoms with E-state index in [0.29, 0.717) is 23.5 Å². The monoisotopic (exact) mass is 491 g/mol. The highest BCUT2D eigenvalue weighted by Crippen LogP contribution is 2.53. The zero-order valence-electron chi connectivity index (χ0n) is 16.8.